The number of rotatable bonds is 5. The Morgan fingerprint density at radius 2 is 1.86 bits per heavy atom. The number of nitrogens with zero attached hydrogens (tertiary/aromatic N) is 2. The van der Waals surface area contributed by atoms with Crippen molar-refractivity contribution in [3.63, 3.8) is 0 Å². The van der Waals surface area contributed by atoms with Gasteiger partial charge in [0.25, 0.3) is 5.56 Å². The SMILES string of the molecule is Cc1cc(C)cc(NC(=O)CSc2nccn(-c3ccc(C)c(F)c3)c2=O)c1. The van der Waals surface area contributed by atoms with Crippen molar-refractivity contribution in [2.45, 2.75) is 25.8 Å². The molecule has 3 aromatic rings. The zero-order valence-corrected chi connectivity index (χ0v) is 16.6. The van der Waals surface area contributed by atoms with Gasteiger partial charge in [-0.05, 0) is 61.7 Å². The first-order valence-corrected chi connectivity index (χ1v) is 9.67. The van der Waals surface area contributed by atoms with E-state index in [2.05, 4.69) is 10.3 Å². The van der Waals surface area contributed by atoms with Gasteiger partial charge in [0.05, 0.1) is 11.4 Å². The van der Waals surface area contributed by atoms with Crippen LogP contribution >= 0.6 is 11.8 Å². The van der Waals surface area contributed by atoms with Crippen molar-refractivity contribution in [3.8, 4) is 5.69 Å². The summed E-state index contributed by atoms with van der Waals surface area (Å²) >= 11 is 1.05. The molecule has 0 saturated carbocycles. The zero-order chi connectivity index (χ0) is 20.3. The topological polar surface area (TPSA) is 64.0 Å². The van der Waals surface area contributed by atoms with Crippen LogP contribution in [0.2, 0.25) is 0 Å². The highest BCUT2D eigenvalue weighted by Crippen LogP contribution is 2.17. The second kappa shape index (κ2) is 8.39. The number of nitrogens with one attached hydrogen (secondary N) is 1. The molecule has 1 heterocycles. The Bertz CT molecular complexity index is 1070. The number of carbonyl (C=O) groups is 1. The molecule has 1 amide bonds. The fourth-order valence-corrected chi connectivity index (χ4v) is 3.50. The summed E-state index contributed by atoms with van der Waals surface area (Å²) in [4.78, 5) is 29.0. The van der Waals surface area contributed by atoms with Gasteiger partial charge in [-0.15, -0.1) is 0 Å². The second-order valence-corrected chi connectivity index (χ2v) is 7.52. The minimum absolute atomic E-state index is 0.0432. The lowest BCUT2D eigenvalue weighted by Crippen LogP contribution is -2.22. The van der Waals surface area contributed by atoms with Gasteiger partial charge in [-0.1, -0.05) is 23.9 Å². The highest BCUT2D eigenvalue weighted by atomic mass is 32.2. The van der Waals surface area contributed by atoms with E-state index in [1.54, 1.807) is 19.1 Å². The fourth-order valence-electron chi connectivity index (χ4n) is 2.81. The zero-order valence-electron chi connectivity index (χ0n) is 15.8. The smallest absolute Gasteiger partial charge is 0.287 e. The van der Waals surface area contributed by atoms with Gasteiger partial charge >= 0.3 is 0 Å². The highest BCUT2D eigenvalue weighted by molar-refractivity contribution is 7.99. The van der Waals surface area contributed by atoms with Crippen LogP contribution < -0.4 is 10.9 Å². The number of aryl methyl sites for hydroxylation is 3. The van der Waals surface area contributed by atoms with Crippen LogP contribution in [0.25, 0.3) is 5.69 Å². The van der Waals surface area contributed by atoms with Gasteiger partial charge in [-0.2, -0.15) is 0 Å². The first-order valence-electron chi connectivity index (χ1n) is 8.68. The Morgan fingerprint density at radius 1 is 1.14 bits per heavy atom. The Balaban J connectivity index is 1.73. The molecule has 0 bridgehead atoms. The van der Waals surface area contributed by atoms with Crippen molar-refractivity contribution in [3.05, 3.63) is 81.7 Å². The molecule has 1 aromatic heterocycles. The van der Waals surface area contributed by atoms with E-state index >= 15 is 0 Å². The molecule has 2 aromatic carbocycles. The van der Waals surface area contributed by atoms with Gasteiger partial charge in [0.2, 0.25) is 5.91 Å². The molecule has 0 saturated heterocycles. The number of halogens is 1. The molecule has 7 heteroatoms. The van der Waals surface area contributed by atoms with Gasteiger partial charge < -0.3 is 5.32 Å². The van der Waals surface area contributed by atoms with Crippen LogP contribution in [0.5, 0.6) is 0 Å². The van der Waals surface area contributed by atoms with E-state index in [4.69, 9.17) is 0 Å². The fraction of sp³-hybridized carbons (Fsp3) is 0.190. The first-order chi connectivity index (χ1) is 13.3. The molecule has 0 spiro atoms. The van der Waals surface area contributed by atoms with E-state index in [0.29, 0.717) is 11.3 Å². The Morgan fingerprint density at radius 3 is 2.54 bits per heavy atom. The third kappa shape index (κ3) is 4.67. The standard InChI is InChI=1S/C21H20FN3O2S/c1-13-8-14(2)10-16(9-13)24-19(26)12-28-20-21(27)25(7-6-23-20)17-5-4-15(3)18(22)11-17/h4-11H,12H2,1-3H3,(H,24,26). The van der Waals surface area contributed by atoms with Crippen LogP contribution in [0, 0.1) is 26.6 Å². The molecule has 0 unspecified atom stereocenters. The number of hydrogen-bond donors (Lipinski definition) is 1. The quantitative estimate of drug-likeness (QED) is 0.661. The lowest BCUT2D eigenvalue weighted by molar-refractivity contribution is -0.113. The molecule has 1 N–H and O–H groups in total. The van der Waals surface area contributed by atoms with Crippen molar-refractivity contribution in [1.29, 1.82) is 0 Å². The minimum Gasteiger partial charge on any atom is -0.325 e. The third-order valence-electron chi connectivity index (χ3n) is 4.09. The van der Waals surface area contributed by atoms with Crippen LogP contribution in [0.4, 0.5) is 10.1 Å². The molecule has 0 fully saturated rings. The molecule has 0 aliphatic rings. The maximum absolute atomic E-state index is 13.8. The number of anilines is 1. The number of benzene rings is 2. The molecule has 0 atom stereocenters. The average Bonchev–Trinajstić information content (AvgIpc) is 2.62. The van der Waals surface area contributed by atoms with Crippen LogP contribution in [0.3, 0.4) is 0 Å². The Labute approximate surface area is 166 Å². The van der Waals surface area contributed by atoms with Gasteiger partial charge in [0.1, 0.15) is 5.82 Å². The van der Waals surface area contributed by atoms with E-state index in [1.165, 1.54) is 23.0 Å². The highest BCUT2D eigenvalue weighted by Gasteiger charge is 2.11. The summed E-state index contributed by atoms with van der Waals surface area (Å²) < 4.78 is 15.1. The molecule has 0 aliphatic carbocycles. The van der Waals surface area contributed by atoms with Gasteiger partial charge in [-0.3, -0.25) is 14.2 Å². The van der Waals surface area contributed by atoms with E-state index in [0.717, 1.165) is 28.6 Å². The van der Waals surface area contributed by atoms with E-state index in [9.17, 15) is 14.0 Å². The van der Waals surface area contributed by atoms with Crippen LogP contribution in [-0.2, 0) is 4.79 Å². The van der Waals surface area contributed by atoms with Gasteiger partial charge in [-0.25, -0.2) is 9.37 Å². The first kappa shape index (κ1) is 19.8. The summed E-state index contributed by atoms with van der Waals surface area (Å²) in [6.07, 6.45) is 2.94. The van der Waals surface area contributed by atoms with E-state index in [-0.39, 0.29) is 22.5 Å². The molecule has 144 valence electrons. The summed E-state index contributed by atoms with van der Waals surface area (Å²) in [5, 5.41) is 3.01. The van der Waals surface area contributed by atoms with Crippen molar-refractivity contribution >= 4 is 23.4 Å². The van der Waals surface area contributed by atoms with Crippen molar-refractivity contribution in [1.82, 2.24) is 9.55 Å². The molecule has 3 rings (SSSR count). The molecule has 28 heavy (non-hydrogen) atoms. The number of carbonyl (C=O) groups excluding carboxylic acids is 1. The lowest BCUT2D eigenvalue weighted by Gasteiger charge is -2.09. The molecule has 5 nitrogen and oxygen atoms in total. The number of hydrogen-bond acceptors (Lipinski definition) is 4. The predicted octanol–water partition coefficient (Wildman–Crippen LogP) is 4.03. The summed E-state index contributed by atoms with van der Waals surface area (Å²) in [5.74, 6) is -0.571. The van der Waals surface area contributed by atoms with Crippen LogP contribution in [0.15, 0.2) is 58.6 Å². The summed E-state index contributed by atoms with van der Waals surface area (Å²) in [5.41, 5.74) is 3.36. The monoisotopic (exact) mass is 397 g/mol. The minimum atomic E-state index is -0.394. The Hall–Kier alpha value is -2.93. The molecular formula is C21H20FN3O2S. The summed E-state index contributed by atoms with van der Waals surface area (Å²) in [7, 11) is 0. The van der Waals surface area contributed by atoms with E-state index in [1.807, 2.05) is 32.0 Å². The lowest BCUT2D eigenvalue weighted by atomic mass is 10.1. The normalized spacial score (nSPS) is 10.7. The summed E-state index contributed by atoms with van der Waals surface area (Å²) in [6.45, 7) is 5.58. The van der Waals surface area contributed by atoms with Crippen molar-refractivity contribution in [2.24, 2.45) is 0 Å². The number of thioether (sulfide) groups is 1. The second-order valence-electron chi connectivity index (χ2n) is 6.55. The molecule has 0 radical (unpaired) electrons. The van der Waals surface area contributed by atoms with Gasteiger partial charge in [0, 0.05) is 18.1 Å². The molecular weight excluding hydrogens is 377 g/mol. The predicted molar refractivity (Wildman–Crippen MR) is 110 cm³/mol. The summed E-state index contributed by atoms with van der Waals surface area (Å²) in [6, 6.07) is 10.4. The number of amides is 1. The van der Waals surface area contributed by atoms with Crippen LogP contribution in [-0.4, -0.2) is 21.2 Å². The largest absolute Gasteiger partial charge is 0.325 e. The average molecular weight is 397 g/mol. The maximum Gasteiger partial charge on any atom is 0.287 e. The van der Waals surface area contributed by atoms with Crippen molar-refractivity contribution < 1.29 is 9.18 Å². The maximum atomic E-state index is 13.8. The third-order valence-corrected chi connectivity index (χ3v) is 5.05. The van der Waals surface area contributed by atoms with Gasteiger partial charge in [0.15, 0.2) is 5.03 Å². The van der Waals surface area contributed by atoms with E-state index < -0.39 is 5.56 Å². The van der Waals surface area contributed by atoms with Crippen LogP contribution in [0.1, 0.15) is 16.7 Å². The molecule has 0 aliphatic heterocycles. The number of aromatic nitrogens is 2. The van der Waals surface area contributed by atoms with Crippen molar-refractivity contribution in [2.75, 3.05) is 11.1 Å². The Kier molecular flexibility index (Phi) is 5.94.